The summed E-state index contributed by atoms with van der Waals surface area (Å²) in [5.41, 5.74) is 5.23. The normalized spacial score (nSPS) is 23.5. The van der Waals surface area contributed by atoms with Crippen molar-refractivity contribution in [1.82, 2.24) is 9.80 Å². The van der Waals surface area contributed by atoms with Crippen LogP contribution in [0.3, 0.4) is 0 Å². The second kappa shape index (κ2) is 7.95. The molecular weight excluding hydrogens is 376 g/mol. The number of hydrogen-bond acceptors (Lipinski definition) is 4. The average molecular weight is 407 g/mol. The van der Waals surface area contributed by atoms with E-state index in [1.54, 1.807) is 0 Å². The zero-order chi connectivity index (χ0) is 20.7. The number of benzene rings is 2. The number of ether oxygens (including phenoxy) is 2. The van der Waals surface area contributed by atoms with Gasteiger partial charge in [0.1, 0.15) is 0 Å². The van der Waals surface area contributed by atoms with Crippen LogP contribution >= 0.6 is 0 Å². The molecule has 5 heteroatoms. The van der Waals surface area contributed by atoms with Gasteiger partial charge in [0.25, 0.3) is 0 Å². The van der Waals surface area contributed by atoms with Crippen LogP contribution in [-0.2, 0) is 17.9 Å². The van der Waals surface area contributed by atoms with Crippen LogP contribution < -0.4 is 9.47 Å². The molecule has 5 rings (SSSR count). The standard InChI is InChI=1S/C25H30N2O3/c1-17-3-4-18(2)21(11-17)15-26-10-9-22-20(14-26)6-8-25(28)27(22)13-19-5-7-23-24(12-19)30-16-29-23/h3-5,7,11-12,20,22H,6,8-10,13-16H2,1-2H3/t20-,22+/m1/s1. The molecule has 158 valence electrons. The minimum atomic E-state index is 0.280. The number of amides is 1. The molecular formula is C25H30N2O3. The van der Waals surface area contributed by atoms with E-state index in [9.17, 15) is 4.79 Å². The van der Waals surface area contributed by atoms with Gasteiger partial charge in [-0.25, -0.2) is 0 Å². The number of hydrogen-bond donors (Lipinski definition) is 0. The van der Waals surface area contributed by atoms with Crippen molar-refractivity contribution in [2.75, 3.05) is 19.9 Å². The Morgan fingerprint density at radius 2 is 1.87 bits per heavy atom. The highest BCUT2D eigenvalue weighted by Gasteiger charge is 2.39. The Bertz CT molecular complexity index is 957. The summed E-state index contributed by atoms with van der Waals surface area (Å²) >= 11 is 0. The van der Waals surface area contributed by atoms with Crippen LogP contribution in [0.2, 0.25) is 0 Å². The van der Waals surface area contributed by atoms with E-state index >= 15 is 0 Å². The number of aryl methyl sites for hydroxylation is 2. The maximum Gasteiger partial charge on any atom is 0.231 e. The van der Waals surface area contributed by atoms with Crippen molar-refractivity contribution in [1.29, 1.82) is 0 Å². The van der Waals surface area contributed by atoms with Crippen LogP contribution in [0.1, 0.15) is 41.5 Å². The molecule has 0 aliphatic carbocycles. The Morgan fingerprint density at radius 3 is 2.77 bits per heavy atom. The van der Waals surface area contributed by atoms with Gasteiger partial charge in [-0.1, -0.05) is 29.8 Å². The van der Waals surface area contributed by atoms with Crippen LogP contribution in [0.4, 0.5) is 0 Å². The van der Waals surface area contributed by atoms with E-state index in [2.05, 4.69) is 47.9 Å². The fourth-order valence-corrected chi connectivity index (χ4v) is 5.22. The first-order valence-electron chi connectivity index (χ1n) is 11.0. The molecule has 2 aromatic rings. The minimum absolute atomic E-state index is 0.280. The summed E-state index contributed by atoms with van der Waals surface area (Å²) in [5, 5.41) is 0. The molecule has 0 saturated carbocycles. The van der Waals surface area contributed by atoms with E-state index in [1.807, 2.05) is 12.1 Å². The molecule has 2 atom stereocenters. The second-order valence-electron chi connectivity index (χ2n) is 9.03. The van der Waals surface area contributed by atoms with Gasteiger partial charge in [0, 0.05) is 38.6 Å². The maximum atomic E-state index is 12.8. The molecule has 0 bridgehead atoms. The SMILES string of the molecule is Cc1ccc(C)c(CN2CC[C@H]3[C@H](CCC(=O)N3Cc3ccc4c(c3)OCO4)C2)c1. The zero-order valence-electron chi connectivity index (χ0n) is 17.9. The second-order valence-corrected chi connectivity index (χ2v) is 9.03. The predicted octanol–water partition coefficient (Wildman–Crippen LogP) is 4.05. The van der Waals surface area contributed by atoms with E-state index in [1.165, 1.54) is 16.7 Å². The van der Waals surface area contributed by atoms with E-state index < -0.39 is 0 Å². The van der Waals surface area contributed by atoms with Crippen molar-refractivity contribution < 1.29 is 14.3 Å². The van der Waals surface area contributed by atoms with Gasteiger partial charge in [-0.05, 0) is 61.4 Å². The summed E-state index contributed by atoms with van der Waals surface area (Å²) in [6.45, 7) is 8.43. The molecule has 3 heterocycles. The van der Waals surface area contributed by atoms with Crippen molar-refractivity contribution in [3.05, 3.63) is 58.7 Å². The quantitative estimate of drug-likeness (QED) is 0.768. The Morgan fingerprint density at radius 1 is 1.00 bits per heavy atom. The van der Waals surface area contributed by atoms with E-state index in [0.29, 0.717) is 24.9 Å². The fourth-order valence-electron chi connectivity index (χ4n) is 5.22. The van der Waals surface area contributed by atoms with Crippen LogP contribution in [0, 0.1) is 19.8 Å². The van der Waals surface area contributed by atoms with Crippen molar-refractivity contribution in [2.45, 2.75) is 52.2 Å². The molecule has 2 saturated heterocycles. The third-order valence-electron chi connectivity index (χ3n) is 6.92. The van der Waals surface area contributed by atoms with Gasteiger partial charge < -0.3 is 14.4 Å². The Kier molecular flexibility index (Phi) is 5.15. The topological polar surface area (TPSA) is 42.0 Å². The summed E-state index contributed by atoms with van der Waals surface area (Å²) < 4.78 is 10.9. The van der Waals surface area contributed by atoms with Crippen molar-refractivity contribution in [2.24, 2.45) is 5.92 Å². The lowest BCUT2D eigenvalue weighted by atomic mass is 9.83. The van der Waals surface area contributed by atoms with Crippen LogP contribution in [0.15, 0.2) is 36.4 Å². The molecule has 3 aliphatic heterocycles. The molecule has 2 fully saturated rings. The van der Waals surface area contributed by atoms with E-state index in [0.717, 1.165) is 49.5 Å². The molecule has 0 unspecified atom stereocenters. The van der Waals surface area contributed by atoms with Crippen molar-refractivity contribution >= 4 is 5.91 Å². The molecule has 0 radical (unpaired) electrons. The van der Waals surface area contributed by atoms with Crippen molar-refractivity contribution in [3.8, 4) is 11.5 Å². The van der Waals surface area contributed by atoms with E-state index in [4.69, 9.17) is 9.47 Å². The lowest BCUT2D eigenvalue weighted by molar-refractivity contribution is -0.142. The molecule has 5 nitrogen and oxygen atoms in total. The fraction of sp³-hybridized carbons (Fsp3) is 0.480. The number of nitrogens with zero attached hydrogens (tertiary/aromatic N) is 2. The van der Waals surface area contributed by atoms with Crippen LogP contribution in [0.25, 0.3) is 0 Å². The number of fused-ring (bicyclic) bond motifs is 2. The third kappa shape index (κ3) is 3.79. The molecule has 1 amide bonds. The Hall–Kier alpha value is -2.53. The number of carbonyl (C=O) groups excluding carboxylic acids is 1. The first kappa shape index (κ1) is 19.4. The smallest absolute Gasteiger partial charge is 0.231 e. The predicted molar refractivity (Wildman–Crippen MR) is 115 cm³/mol. The highest BCUT2D eigenvalue weighted by Crippen LogP contribution is 2.36. The molecule has 2 aromatic carbocycles. The van der Waals surface area contributed by atoms with Gasteiger partial charge in [-0.2, -0.15) is 0 Å². The summed E-state index contributed by atoms with van der Waals surface area (Å²) in [4.78, 5) is 17.5. The summed E-state index contributed by atoms with van der Waals surface area (Å²) in [5.74, 6) is 2.42. The van der Waals surface area contributed by atoms with Gasteiger partial charge >= 0.3 is 0 Å². The maximum absolute atomic E-state index is 12.8. The highest BCUT2D eigenvalue weighted by molar-refractivity contribution is 5.77. The molecule has 0 spiro atoms. The molecule has 30 heavy (non-hydrogen) atoms. The summed E-state index contributed by atoms with van der Waals surface area (Å²) in [7, 11) is 0. The lowest BCUT2D eigenvalue weighted by Crippen LogP contribution is -2.55. The zero-order valence-corrected chi connectivity index (χ0v) is 17.9. The third-order valence-corrected chi connectivity index (χ3v) is 6.92. The molecule has 0 N–H and O–H groups in total. The Labute approximate surface area is 178 Å². The summed E-state index contributed by atoms with van der Waals surface area (Å²) in [6.07, 6.45) is 2.71. The summed E-state index contributed by atoms with van der Waals surface area (Å²) in [6, 6.07) is 13.1. The number of rotatable bonds is 4. The first-order valence-corrected chi connectivity index (χ1v) is 11.0. The molecule has 3 aliphatic rings. The minimum Gasteiger partial charge on any atom is -0.454 e. The van der Waals surface area contributed by atoms with Crippen LogP contribution in [-0.4, -0.2) is 41.6 Å². The van der Waals surface area contributed by atoms with Gasteiger partial charge in [0.15, 0.2) is 11.5 Å². The van der Waals surface area contributed by atoms with Gasteiger partial charge in [-0.3, -0.25) is 9.69 Å². The first-order chi connectivity index (χ1) is 14.6. The largest absolute Gasteiger partial charge is 0.454 e. The lowest BCUT2D eigenvalue weighted by Gasteiger charge is -2.47. The van der Waals surface area contributed by atoms with Gasteiger partial charge in [0.2, 0.25) is 12.7 Å². The highest BCUT2D eigenvalue weighted by atomic mass is 16.7. The van der Waals surface area contributed by atoms with E-state index in [-0.39, 0.29) is 12.7 Å². The van der Waals surface area contributed by atoms with Gasteiger partial charge in [0.05, 0.1) is 0 Å². The number of piperidine rings is 2. The number of carbonyl (C=O) groups is 1. The molecule has 0 aromatic heterocycles. The monoisotopic (exact) mass is 406 g/mol. The average Bonchev–Trinajstić information content (AvgIpc) is 3.21. The van der Waals surface area contributed by atoms with Crippen LogP contribution in [0.5, 0.6) is 11.5 Å². The number of likely N-dealkylation sites (tertiary alicyclic amines) is 2. The van der Waals surface area contributed by atoms with Crippen molar-refractivity contribution in [3.63, 3.8) is 0 Å². The van der Waals surface area contributed by atoms with Gasteiger partial charge in [-0.15, -0.1) is 0 Å². The Balaban J connectivity index is 1.27.